The molecule has 1 aromatic heterocycles. The summed E-state index contributed by atoms with van der Waals surface area (Å²) >= 11 is 3.20. The molecule has 0 unspecified atom stereocenters. The largest absolute Gasteiger partial charge is 0.478 e. The molecule has 0 aliphatic carbocycles. The first kappa shape index (κ1) is 9.06. The molecule has 1 aromatic rings. The highest BCUT2D eigenvalue weighted by Gasteiger charge is 2.02. The van der Waals surface area contributed by atoms with Crippen LogP contribution in [-0.4, -0.2) is 11.1 Å². The molecule has 0 atom stereocenters. The lowest BCUT2D eigenvalue weighted by Crippen LogP contribution is -1.88. The second-order valence-electron chi connectivity index (χ2n) is 2.29. The Bertz CT molecular complexity index is 325. The molecule has 0 radical (unpaired) electrons. The Balaban J connectivity index is 2.91. The average Bonchev–Trinajstić information content (AvgIpc) is 2.34. The zero-order chi connectivity index (χ0) is 9.14. The van der Waals surface area contributed by atoms with E-state index in [0.29, 0.717) is 11.3 Å². The van der Waals surface area contributed by atoms with Crippen molar-refractivity contribution >= 4 is 27.5 Å². The first-order chi connectivity index (χ1) is 5.59. The molecule has 1 rings (SSSR count). The van der Waals surface area contributed by atoms with E-state index in [-0.39, 0.29) is 0 Å². The molecule has 0 aliphatic heterocycles. The zero-order valence-corrected chi connectivity index (χ0v) is 7.96. The maximum absolute atomic E-state index is 10.3. The smallest absolute Gasteiger partial charge is 0.328 e. The van der Waals surface area contributed by atoms with Gasteiger partial charge in [-0.3, -0.25) is 0 Å². The molecule has 1 N–H and O–H groups in total. The van der Waals surface area contributed by atoms with Crippen LogP contribution in [0.2, 0.25) is 0 Å². The van der Waals surface area contributed by atoms with Gasteiger partial charge in [0.05, 0.1) is 4.47 Å². The number of hydrogen-bond donors (Lipinski definition) is 1. The molecule has 0 amide bonds. The van der Waals surface area contributed by atoms with Crippen LogP contribution < -0.4 is 0 Å². The highest BCUT2D eigenvalue weighted by Crippen LogP contribution is 2.20. The van der Waals surface area contributed by atoms with Crippen LogP contribution in [0.4, 0.5) is 0 Å². The van der Waals surface area contributed by atoms with Crippen LogP contribution in [0.25, 0.3) is 5.57 Å². The van der Waals surface area contributed by atoms with Crippen molar-refractivity contribution in [3.63, 3.8) is 0 Å². The zero-order valence-electron chi connectivity index (χ0n) is 6.37. The predicted molar refractivity (Wildman–Crippen MR) is 47.7 cm³/mol. The number of rotatable bonds is 2. The number of carbonyl (C=O) groups is 1. The molecule has 1 heterocycles. The van der Waals surface area contributed by atoms with E-state index in [1.807, 2.05) is 0 Å². The van der Waals surface area contributed by atoms with Crippen LogP contribution in [-0.2, 0) is 4.79 Å². The number of hydrogen-bond acceptors (Lipinski definition) is 2. The molecule has 3 nitrogen and oxygen atoms in total. The van der Waals surface area contributed by atoms with E-state index in [1.165, 1.54) is 6.26 Å². The summed E-state index contributed by atoms with van der Waals surface area (Å²) in [6.07, 6.45) is 2.61. The fourth-order valence-corrected chi connectivity index (χ4v) is 1.08. The Morgan fingerprint density at radius 2 is 2.42 bits per heavy atom. The van der Waals surface area contributed by atoms with E-state index in [1.54, 1.807) is 13.0 Å². The van der Waals surface area contributed by atoms with Crippen LogP contribution in [0.3, 0.4) is 0 Å². The Kier molecular flexibility index (Phi) is 2.70. The number of halogens is 1. The summed E-state index contributed by atoms with van der Waals surface area (Å²) in [6, 6.07) is 1.72. The summed E-state index contributed by atoms with van der Waals surface area (Å²) in [6.45, 7) is 1.68. The molecular formula is C8H7BrO3. The van der Waals surface area contributed by atoms with Gasteiger partial charge in [-0.2, -0.15) is 0 Å². The molecule has 12 heavy (non-hydrogen) atoms. The summed E-state index contributed by atoms with van der Waals surface area (Å²) in [5, 5.41) is 8.42. The maximum atomic E-state index is 10.3. The van der Waals surface area contributed by atoms with E-state index >= 15 is 0 Å². The Morgan fingerprint density at radius 3 is 2.83 bits per heavy atom. The van der Waals surface area contributed by atoms with Crippen molar-refractivity contribution in [1.29, 1.82) is 0 Å². The van der Waals surface area contributed by atoms with Gasteiger partial charge in [0, 0.05) is 6.08 Å². The van der Waals surface area contributed by atoms with Gasteiger partial charge in [0.2, 0.25) is 0 Å². The van der Waals surface area contributed by atoms with E-state index in [4.69, 9.17) is 9.52 Å². The monoisotopic (exact) mass is 230 g/mol. The van der Waals surface area contributed by atoms with Gasteiger partial charge in [-0.1, -0.05) is 0 Å². The van der Waals surface area contributed by atoms with Crippen LogP contribution in [0.1, 0.15) is 12.7 Å². The molecule has 0 spiro atoms. The standard InChI is InChI=1S/C8H7BrO3/c1-5(2-8(10)11)7-3-6(9)4-12-7/h2-4H,1H3,(H,10,11). The molecule has 0 saturated carbocycles. The minimum absolute atomic E-state index is 0.560. The highest BCUT2D eigenvalue weighted by molar-refractivity contribution is 9.10. The molecule has 64 valence electrons. The van der Waals surface area contributed by atoms with Gasteiger partial charge in [0.25, 0.3) is 0 Å². The van der Waals surface area contributed by atoms with Crippen molar-refractivity contribution in [1.82, 2.24) is 0 Å². The molecule has 0 saturated heterocycles. The lowest BCUT2D eigenvalue weighted by molar-refractivity contribution is -0.131. The van der Waals surface area contributed by atoms with Crippen molar-refractivity contribution in [3.05, 3.63) is 28.6 Å². The van der Waals surface area contributed by atoms with Crippen LogP contribution in [0, 0.1) is 0 Å². The van der Waals surface area contributed by atoms with Gasteiger partial charge < -0.3 is 9.52 Å². The van der Waals surface area contributed by atoms with Gasteiger partial charge in [0.15, 0.2) is 0 Å². The van der Waals surface area contributed by atoms with Crippen molar-refractivity contribution < 1.29 is 14.3 Å². The molecule has 0 aliphatic rings. The Morgan fingerprint density at radius 1 is 1.75 bits per heavy atom. The normalized spacial score (nSPS) is 11.7. The van der Waals surface area contributed by atoms with Crippen LogP contribution in [0.15, 0.2) is 27.3 Å². The summed E-state index contributed by atoms with van der Waals surface area (Å²) in [7, 11) is 0. The molecule has 0 aromatic carbocycles. The number of furan rings is 1. The van der Waals surface area contributed by atoms with Gasteiger partial charge in [-0.15, -0.1) is 0 Å². The number of aliphatic carboxylic acids is 1. The number of allylic oxidation sites excluding steroid dienone is 1. The van der Waals surface area contributed by atoms with Gasteiger partial charge >= 0.3 is 5.97 Å². The van der Waals surface area contributed by atoms with Crippen LogP contribution in [0.5, 0.6) is 0 Å². The number of carboxylic acid groups (broad SMARTS) is 1. The minimum atomic E-state index is -0.972. The first-order valence-electron chi connectivity index (χ1n) is 3.25. The van der Waals surface area contributed by atoms with E-state index in [0.717, 1.165) is 10.5 Å². The Hall–Kier alpha value is -1.03. The minimum Gasteiger partial charge on any atom is -0.478 e. The fourth-order valence-electron chi connectivity index (χ4n) is 0.776. The fraction of sp³-hybridized carbons (Fsp3) is 0.125. The van der Waals surface area contributed by atoms with E-state index in [9.17, 15) is 4.79 Å². The quantitative estimate of drug-likeness (QED) is 0.795. The topological polar surface area (TPSA) is 50.4 Å². The van der Waals surface area contributed by atoms with Crippen molar-refractivity contribution in [2.45, 2.75) is 6.92 Å². The SMILES string of the molecule is CC(=CC(=O)O)c1cc(Br)co1. The van der Waals surface area contributed by atoms with Crippen molar-refractivity contribution in [2.24, 2.45) is 0 Å². The first-order valence-corrected chi connectivity index (χ1v) is 4.04. The van der Waals surface area contributed by atoms with Gasteiger partial charge in [-0.05, 0) is 34.5 Å². The summed E-state index contributed by atoms with van der Waals surface area (Å²) in [5.74, 6) is -0.413. The lowest BCUT2D eigenvalue weighted by atomic mass is 10.2. The summed E-state index contributed by atoms with van der Waals surface area (Å²) in [4.78, 5) is 10.3. The van der Waals surface area contributed by atoms with E-state index in [2.05, 4.69) is 15.9 Å². The average molecular weight is 231 g/mol. The number of carboxylic acids is 1. The third kappa shape index (κ3) is 2.23. The molecule has 0 fully saturated rings. The third-order valence-electron chi connectivity index (χ3n) is 1.30. The summed E-state index contributed by atoms with van der Waals surface area (Å²) in [5.41, 5.74) is 0.591. The molecule has 0 bridgehead atoms. The van der Waals surface area contributed by atoms with Crippen molar-refractivity contribution in [2.75, 3.05) is 0 Å². The van der Waals surface area contributed by atoms with Crippen LogP contribution >= 0.6 is 15.9 Å². The third-order valence-corrected chi connectivity index (χ3v) is 1.71. The maximum Gasteiger partial charge on any atom is 0.328 e. The van der Waals surface area contributed by atoms with Crippen molar-refractivity contribution in [3.8, 4) is 0 Å². The summed E-state index contributed by atoms with van der Waals surface area (Å²) < 4.78 is 5.85. The van der Waals surface area contributed by atoms with Gasteiger partial charge in [-0.25, -0.2) is 4.79 Å². The highest BCUT2D eigenvalue weighted by atomic mass is 79.9. The predicted octanol–water partition coefficient (Wildman–Crippen LogP) is 2.53. The Labute approximate surface area is 77.8 Å². The second-order valence-corrected chi connectivity index (χ2v) is 3.21. The molecule has 4 heteroatoms. The second kappa shape index (κ2) is 3.58. The lowest BCUT2D eigenvalue weighted by Gasteiger charge is -1.91. The van der Waals surface area contributed by atoms with E-state index < -0.39 is 5.97 Å². The molecular weight excluding hydrogens is 224 g/mol. The van der Waals surface area contributed by atoms with Gasteiger partial charge in [0.1, 0.15) is 12.0 Å².